The molecule has 20 heavy (non-hydrogen) atoms. The SMILES string of the molecule is COc1ccc(-n2c(N)nc3c(F)cccc32)cc1C. The van der Waals surface area contributed by atoms with Gasteiger partial charge in [-0.1, -0.05) is 6.07 Å². The first-order valence-electron chi connectivity index (χ1n) is 6.19. The highest BCUT2D eigenvalue weighted by molar-refractivity contribution is 5.81. The number of hydrogen-bond acceptors (Lipinski definition) is 3. The van der Waals surface area contributed by atoms with E-state index in [0.29, 0.717) is 5.52 Å². The lowest BCUT2D eigenvalue weighted by Crippen LogP contribution is -2.01. The fourth-order valence-electron chi connectivity index (χ4n) is 2.36. The van der Waals surface area contributed by atoms with Gasteiger partial charge in [0.15, 0.2) is 5.82 Å². The van der Waals surface area contributed by atoms with Crippen molar-refractivity contribution in [2.24, 2.45) is 0 Å². The van der Waals surface area contributed by atoms with Crippen LogP contribution in [0.15, 0.2) is 36.4 Å². The summed E-state index contributed by atoms with van der Waals surface area (Å²) in [6, 6.07) is 10.5. The molecular weight excluding hydrogens is 257 g/mol. The van der Waals surface area contributed by atoms with Crippen LogP contribution in [-0.2, 0) is 0 Å². The number of para-hydroxylation sites is 1. The normalized spacial score (nSPS) is 10.9. The molecule has 0 unspecified atom stereocenters. The van der Waals surface area contributed by atoms with Gasteiger partial charge in [0.05, 0.1) is 12.6 Å². The Morgan fingerprint density at radius 1 is 1.25 bits per heavy atom. The van der Waals surface area contributed by atoms with Crippen LogP contribution in [0.1, 0.15) is 5.56 Å². The predicted octanol–water partition coefficient (Wildman–Crippen LogP) is 3.06. The second-order valence-corrected chi connectivity index (χ2v) is 4.57. The van der Waals surface area contributed by atoms with Crippen molar-refractivity contribution in [3.05, 3.63) is 47.8 Å². The number of aryl methyl sites for hydroxylation is 1. The van der Waals surface area contributed by atoms with Crippen molar-refractivity contribution < 1.29 is 9.13 Å². The third-order valence-electron chi connectivity index (χ3n) is 3.30. The number of hydrogen-bond donors (Lipinski definition) is 1. The molecule has 0 aliphatic heterocycles. The number of imidazole rings is 1. The van der Waals surface area contributed by atoms with Crippen LogP contribution >= 0.6 is 0 Å². The summed E-state index contributed by atoms with van der Waals surface area (Å²) in [4.78, 5) is 4.10. The molecule has 0 spiro atoms. The molecule has 0 radical (unpaired) electrons. The van der Waals surface area contributed by atoms with Gasteiger partial charge in [0.25, 0.3) is 0 Å². The minimum absolute atomic E-state index is 0.259. The highest BCUT2D eigenvalue weighted by atomic mass is 19.1. The van der Waals surface area contributed by atoms with Crippen molar-refractivity contribution in [1.29, 1.82) is 0 Å². The van der Waals surface area contributed by atoms with Gasteiger partial charge < -0.3 is 10.5 Å². The number of benzene rings is 2. The highest BCUT2D eigenvalue weighted by Crippen LogP contribution is 2.27. The van der Waals surface area contributed by atoms with Gasteiger partial charge in [0.1, 0.15) is 11.3 Å². The maximum atomic E-state index is 13.7. The van der Waals surface area contributed by atoms with Crippen LogP contribution in [-0.4, -0.2) is 16.7 Å². The third-order valence-corrected chi connectivity index (χ3v) is 3.30. The summed E-state index contributed by atoms with van der Waals surface area (Å²) in [5, 5.41) is 0. The average Bonchev–Trinajstić information content (AvgIpc) is 2.76. The zero-order valence-corrected chi connectivity index (χ0v) is 11.2. The fraction of sp³-hybridized carbons (Fsp3) is 0.133. The number of aromatic nitrogens is 2. The van der Waals surface area contributed by atoms with Gasteiger partial charge in [-0.3, -0.25) is 4.57 Å². The molecule has 0 atom stereocenters. The van der Waals surface area contributed by atoms with E-state index in [-0.39, 0.29) is 17.3 Å². The standard InChI is InChI=1S/C15H14FN3O/c1-9-8-10(6-7-13(9)20-2)19-12-5-3-4-11(16)14(12)18-15(19)17/h3-8H,1-2H3,(H2,17,18). The van der Waals surface area contributed by atoms with Crippen LogP contribution in [0.25, 0.3) is 16.7 Å². The zero-order valence-electron chi connectivity index (χ0n) is 11.2. The Bertz CT molecular complexity index is 795. The monoisotopic (exact) mass is 271 g/mol. The molecule has 0 amide bonds. The molecule has 1 heterocycles. The highest BCUT2D eigenvalue weighted by Gasteiger charge is 2.13. The molecule has 2 N–H and O–H groups in total. The van der Waals surface area contributed by atoms with Gasteiger partial charge in [-0.25, -0.2) is 9.37 Å². The number of nitrogens with two attached hydrogens (primary N) is 1. The topological polar surface area (TPSA) is 53.1 Å². The van der Waals surface area contributed by atoms with Crippen LogP contribution in [0.5, 0.6) is 5.75 Å². The molecule has 3 aromatic rings. The van der Waals surface area contributed by atoms with Gasteiger partial charge in [0, 0.05) is 5.69 Å². The van der Waals surface area contributed by atoms with Crippen molar-refractivity contribution >= 4 is 17.0 Å². The molecular formula is C15H14FN3O. The van der Waals surface area contributed by atoms with Crippen molar-refractivity contribution in [3.8, 4) is 11.4 Å². The summed E-state index contributed by atoms with van der Waals surface area (Å²) < 4.78 is 20.7. The summed E-state index contributed by atoms with van der Waals surface area (Å²) in [5.41, 5.74) is 8.65. The quantitative estimate of drug-likeness (QED) is 0.779. The Hall–Kier alpha value is -2.56. The number of nitrogens with zero attached hydrogens (tertiary/aromatic N) is 2. The number of halogens is 1. The first-order chi connectivity index (χ1) is 9.61. The van der Waals surface area contributed by atoms with Gasteiger partial charge in [-0.2, -0.15) is 0 Å². The summed E-state index contributed by atoms with van der Waals surface area (Å²) in [5.74, 6) is 0.677. The number of ether oxygens (including phenoxy) is 1. The molecule has 0 aliphatic rings. The lowest BCUT2D eigenvalue weighted by molar-refractivity contribution is 0.411. The van der Waals surface area contributed by atoms with Crippen LogP contribution in [0.4, 0.5) is 10.3 Å². The first kappa shape index (κ1) is 12.5. The molecule has 102 valence electrons. The van der Waals surface area contributed by atoms with Gasteiger partial charge in [0.2, 0.25) is 5.95 Å². The van der Waals surface area contributed by atoms with Gasteiger partial charge in [-0.05, 0) is 42.8 Å². The van der Waals surface area contributed by atoms with E-state index in [9.17, 15) is 4.39 Å². The molecule has 0 saturated carbocycles. The van der Waals surface area contributed by atoms with Crippen LogP contribution in [0.3, 0.4) is 0 Å². The number of nitrogen functional groups attached to an aromatic ring is 1. The molecule has 3 rings (SSSR count). The molecule has 1 aromatic heterocycles. The van der Waals surface area contributed by atoms with Crippen LogP contribution < -0.4 is 10.5 Å². The Balaban J connectivity index is 2.27. The Morgan fingerprint density at radius 2 is 2.05 bits per heavy atom. The van der Waals surface area contributed by atoms with E-state index in [4.69, 9.17) is 10.5 Å². The minimum atomic E-state index is -0.377. The van der Waals surface area contributed by atoms with Crippen molar-refractivity contribution in [2.75, 3.05) is 12.8 Å². The Labute approximate surface area is 115 Å². The minimum Gasteiger partial charge on any atom is -0.496 e. The van der Waals surface area contributed by atoms with Crippen molar-refractivity contribution in [2.45, 2.75) is 6.92 Å². The maximum Gasteiger partial charge on any atom is 0.206 e. The maximum absolute atomic E-state index is 13.7. The average molecular weight is 271 g/mol. The zero-order chi connectivity index (χ0) is 14.3. The lowest BCUT2D eigenvalue weighted by Gasteiger charge is -2.10. The second-order valence-electron chi connectivity index (χ2n) is 4.57. The summed E-state index contributed by atoms with van der Waals surface area (Å²) in [6.07, 6.45) is 0. The summed E-state index contributed by atoms with van der Waals surface area (Å²) in [6.45, 7) is 1.94. The Kier molecular flexibility index (Phi) is 2.82. The third kappa shape index (κ3) is 1.79. The molecule has 0 fully saturated rings. The largest absolute Gasteiger partial charge is 0.496 e. The predicted molar refractivity (Wildman–Crippen MR) is 76.7 cm³/mol. The van der Waals surface area contributed by atoms with E-state index < -0.39 is 0 Å². The van der Waals surface area contributed by atoms with E-state index in [2.05, 4.69) is 4.98 Å². The van der Waals surface area contributed by atoms with Gasteiger partial charge in [-0.15, -0.1) is 0 Å². The smallest absolute Gasteiger partial charge is 0.206 e. The molecule has 5 heteroatoms. The molecule has 2 aromatic carbocycles. The Morgan fingerprint density at radius 3 is 2.75 bits per heavy atom. The van der Waals surface area contributed by atoms with E-state index in [1.54, 1.807) is 23.8 Å². The first-order valence-corrected chi connectivity index (χ1v) is 6.19. The summed E-state index contributed by atoms with van der Waals surface area (Å²) >= 11 is 0. The lowest BCUT2D eigenvalue weighted by atomic mass is 10.2. The molecule has 0 aliphatic carbocycles. The van der Waals surface area contributed by atoms with E-state index in [0.717, 1.165) is 17.0 Å². The number of fused-ring (bicyclic) bond motifs is 1. The summed E-state index contributed by atoms with van der Waals surface area (Å²) in [7, 11) is 1.62. The fourth-order valence-corrected chi connectivity index (χ4v) is 2.36. The van der Waals surface area contributed by atoms with Crippen LogP contribution in [0.2, 0.25) is 0 Å². The molecule has 4 nitrogen and oxygen atoms in total. The van der Waals surface area contributed by atoms with E-state index in [1.807, 2.05) is 25.1 Å². The van der Waals surface area contributed by atoms with Crippen LogP contribution in [0, 0.1) is 12.7 Å². The number of rotatable bonds is 2. The number of anilines is 1. The molecule has 0 saturated heterocycles. The van der Waals surface area contributed by atoms with Crippen molar-refractivity contribution in [1.82, 2.24) is 9.55 Å². The second kappa shape index (κ2) is 4.52. The van der Waals surface area contributed by atoms with Crippen molar-refractivity contribution in [3.63, 3.8) is 0 Å². The van der Waals surface area contributed by atoms with Gasteiger partial charge >= 0.3 is 0 Å². The molecule has 0 bridgehead atoms. The van der Waals surface area contributed by atoms with E-state index in [1.165, 1.54) is 6.07 Å². The van der Waals surface area contributed by atoms with E-state index >= 15 is 0 Å². The number of methoxy groups -OCH3 is 1.